The summed E-state index contributed by atoms with van der Waals surface area (Å²) in [5.74, 6) is -0.474. The summed E-state index contributed by atoms with van der Waals surface area (Å²) >= 11 is 0. The van der Waals surface area contributed by atoms with Crippen LogP contribution in [0.5, 0.6) is 0 Å². The van der Waals surface area contributed by atoms with Crippen LogP contribution in [0.15, 0.2) is 0 Å². The van der Waals surface area contributed by atoms with Crippen molar-refractivity contribution in [3.05, 3.63) is 0 Å². The fourth-order valence-electron chi connectivity index (χ4n) is 3.24. The number of esters is 1. The Kier molecular flexibility index (Phi) is 19.9. The van der Waals surface area contributed by atoms with Gasteiger partial charge in [0.2, 0.25) is 0 Å². The molecule has 0 aliphatic heterocycles. The lowest BCUT2D eigenvalue weighted by Gasteiger charge is -2.22. The Morgan fingerprint density at radius 2 is 1.39 bits per heavy atom. The van der Waals surface area contributed by atoms with E-state index in [9.17, 15) is 14.3 Å². The van der Waals surface area contributed by atoms with Crippen molar-refractivity contribution in [2.45, 2.75) is 116 Å². The summed E-state index contributed by atoms with van der Waals surface area (Å²) in [5, 5.41) is 0. The van der Waals surface area contributed by atoms with E-state index in [1.54, 1.807) is 6.92 Å². The van der Waals surface area contributed by atoms with Gasteiger partial charge in [0.1, 0.15) is 6.10 Å². The summed E-state index contributed by atoms with van der Waals surface area (Å²) < 4.78 is 27.8. The molecular formula is C23H48NO6P. The third kappa shape index (κ3) is 18.8. The van der Waals surface area contributed by atoms with Gasteiger partial charge < -0.3 is 24.6 Å². The number of carbonyl (C=O) groups is 1. The van der Waals surface area contributed by atoms with Crippen LogP contribution in [0.2, 0.25) is 0 Å². The van der Waals surface area contributed by atoms with E-state index < -0.39 is 25.3 Å². The van der Waals surface area contributed by atoms with Crippen LogP contribution in [0.4, 0.5) is 0 Å². The number of hydrogen-bond donors (Lipinski definition) is 2. The monoisotopic (exact) mass is 465 g/mol. The molecule has 3 N–H and O–H groups in total. The van der Waals surface area contributed by atoms with Crippen molar-refractivity contribution in [3.63, 3.8) is 0 Å². The van der Waals surface area contributed by atoms with Crippen molar-refractivity contribution in [2.24, 2.45) is 5.73 Å². The van der Waals surface area contributed by atoms with Crippen LogP contribution in [-0.2, 0) is 23.4 Å². The second-order valence-electron chi connectivity index (χ2n) is 8.49. The molecule has 0 saturated carbocycles. The number of unbranched alkanes of at least 4 members (excludes halogenated alkanes) is 12. The Labute approximate surface area is 190 Å². The second-order valence-corrected chi connectivity index (χ2v) is 10.8. The van der Waals surface area contributed by atoms with Gasteiger partial charge >= 0.3 is 13.6 Å². The van der Waals surface area contributed by atoms with E-state index in [-0.39, 0.29) is 19.8 Å². The van der Waals surface area contributed by atoms with Crippen molar-refractivity contribution in [1.82, 2.24) is 0 Å². The largest absolute Gasteiger partial charge is 0.458 e. The smallest absolute Gasteiger partial charge is 0.332 e. The van der Waals surface area contributed by atoms with Crippen molar-refractivity contribution in [3.8, 4) is 0 Å². The van der Waals surface area contributed by atoms with E-state index >= 15 is 0 Å². The Morgan fingerprint density at radius 1 is 0.903 bits per heavy atom. The van der Waals surface area contributed by atoms with Crippen molar-refractivity contribution < 1.29 is 28.3 Å². The summed E-state index contributed by atoms with van der Waals surface area (Å²) in [6.07, 6.45) is 16.1. The highest BCUT2D eigenvalue weighted by Gasteiger charge is 2.29. The van der Waals surface area contributed by atoms with Crippen LogP contribution in [0.3, 0.4) is 0 Å². The van der Waals surface area contributed by atoms with Gasteiger partial charge in [-0.05, 0) is 13.3 Å². The summed E-state index contributed by atoms with van der Waals surface area (Å²) in [5.41, 5.74) is 4.75. The minimum absolute atomic E-state index is 0.0432. The van der Waals surface area contributed by atoms with Gasteiger partial charge in [-0.1, -0.05) is 84.0 Å². The average Bonchev–Trinajstić information content (AvgIpc) is 2.73. The van der Waals surface area contributed by atoms with Gasteiger partial charge in [0.15, 0.2) is 0 Å². The van der Waals surface area contributed by atoms with E-state index in [0.717, 1.165) is 12.8 Å². The van der Waals surface area contributed by atoms with Gasteiger partial charge in [-0.15, -0.1) is 0 Å². The molecule has 0 aliphatic rings. The molecule has 0 spiro atoms. The molecule has 0 radical (unpaired) electrons. The second kappa shape index (κ2) is 20.2. The topological polar surface area (TPSA) is 108 Å². The van der Waals surface area contributed by atoms with E-state index in [0.29, 0.717) is 6.61 Å². The molecule has 0 saturated heterocycles. The van der Waals surface area contributed by atoms with Crippen LogP contribution in [0.25, 0.3) is 0 Å². The molecule has 0 aromatic rings. The summed E-state index contributed by atoms with van der Waals surface area (Å²) in [4.78, 5) is 21.1. The third-order valence-electron chi connectivity index (χ3n) is 5.37. The van der Waals surface area contributed by atoms with Gasteiger partial charge in [0.05, 0.1) is 18.9 Å². The fraction of sp³-hybridized carbons (Fsp3) is 0.957. The Balaban J connectivity index is 3.71. The molecule has 0 amide bonds. The van der Waals surface area contributed by atoms with Crippen molar-refractivity contribution in [1.29, 1.82) is 0 Å². The van der Waals surface area contributed by atoms with E-state index in [2.05, 4.69) is 6.92 Å². The first-order chi connectivity index (χ1) is 14.8. The van der Waals surface area contributed by atoms with E-state index in [1.165, 1.54) is 77.6 Å². The molecule has 3 atom stereocenters. The van der Waals surface area contributed by atoms with Gasteiger partial charge in [0, 0.05) is 20.1 Å². The number of ether oxygens (including phenoxy) is 2. The van der Waals surface area contributed by atoms with Crippen LogP contribution in [0.1, 0.15) is 104 Å². The van der Waals surface area contributed by atoms with E-state index in [1.807, 2.05) is 0 Å². The Hall–Kier alpha value is -0.460. The number of hydrogen-bond acceptors (Lipinski definition) is 6. The third-order valence-corrected chi connectivity index (χ3v) is 7.22. The van der Waals surface area contributed by atoms with Crippen LogP contribution in [-0.4, -0.2) is 49.0 Å². The van der Waals surface area contributed by atoms with Crippen LogP contribution in [0, 0.1) is 0 Å². The van der Waals surface area contributed by atoms with Gasteiger partial charge in [-0.2, -0.15) is 0 Å². The molecule has 0 aliphatic carbocycles. The number of carbonyl (C=O) groups excluding carboxylic acids is 1. The standard InChI is InChI=1S/C23H48NO6P/c1-4-5-6-7-8-9-10-11-12-13-14-15-16-17-28-19-23(30-22(3)25)20-29-31(26,27)21(2)18-24/h21,23H,4-20,24H2,1-3H3,(H,26,27). The lowest BCUT2D eigenvalue weighted by atomic mass is 10.0. The highest BCUT2D eigenvalue weighted by Crippen LogP contribution is 2.46. The molecule has 8 heteroatoms. The molecule has 0 heterocycles. The first-order valence-corrected chi connectivity index (χ1v) is 13.9. The average molecular weight is 466 g/mol. The quantitative estimate of drug-likeness (QED) is 0.122. The first kappa shape index (κ1) is 30.5. The molecule has 7 nitrogen and oxygen atoms in total. The van der Waals surface area contributed by atoms with Crippen molar-refractivity contribution >= 4 is 13.6 Å². The molecule has 31 heavy (non-hydrogen) atoms. The summed E-state index contributed by atoms with van der Waals surface area (Å²) in [7, 11) is -3.83. The Bertz CT molecular complexity index is 477. The highest BCUT2D eigenvalue weighted by atomic mass is 31.2. The van der Waals surface area contributed by atoms with Gasteiger partial charge in [-0.25, -0.2) is 0 Å². The van der Waals surface area contributed by atoms with Gasteiger partial charge in [-0.3, -0.25) is 9.36 Å². The molecule has 3 unspecified atom stereocenters. The number of rotatable bonds is 22. The van der Waals surface area contributed by atoms with Crippen molar-refractivity contribution in [2.75, 3.05) is 26.4 Å². The molecule has 0 rings (SSSR count). The molecule has 0 aromatic heterocycles. The zero-order valence-corrected chi connectivity index (χ0v) is 21.1. The van der Waals surface area contributed by atoms with Gasteiger partial charge in [0.25, 0.3) is 0 Å². The molecule has 186 valence electrons. The zero-order chi connectivity index (χ0) is 23.4. The minimum atomic E-state index is -3.83. The molecule has 0 fully saturated rings. The maximum Gasteiger partial charge on any atom is 0.332 e. The van der Waals surface area contributed by atoms with E-state index in [4.69, 9.17) is 19.7 Å². The Morgan fingerprint density at radius 3 is 1.84 bits per heavy atom. The molecule has 0 aromatic carbocycles. The summed E-state index contributed by atoms with van der Waals surface area (Å²) in [6, 6.07) is 0. The first-order valence-electron chi connectivity index (χ1n) is 12.3. The van der Waals surface area contributed by atoms with Crippen LogP contribution >= 0.6 is 7.60 Å². The predicted octanol–water partition coefficient (Wildman–Crippen LogP) is 5.58. The predicted molar refractivity (Wildman–Crippen MR) is 126 cm³/mol. The SMILES string of the molecule is CCCCCCCCCCCCCCCOCC(COP(=O)(O)C(C)CN)OC(C)=O. The fourth-order valence-corrected chi connectivity index (χ4v) is 4.14. The zero-order valence-electron chi connectivity index (χ0n) is 20.2. The lowest BCUT2D eigenvalue weighted by molar-refractivity contribution is -0.151. The highest BCUT2D eigenvalue weighted by molar-refractivity contribution is 7.53. The maximum absolute atomic E-state index is 12.0. The normalized spacial score (nSPS) is 15.4. The minimum Gasteiger partial charge on any atom is -0.458 e. The summed E-state index contributed by atoms with van der Waals surface area (Å²) in [6.45, 7) is 5.68. The number of nitrogens with two attached hydrogens (primary N) is 1. The molecule has 0 bridgehead atoms. The maximum atomic E-state index is 12.0. The molecular weight excluding hydrogens is 417 g/mol. The lowest BCUT2D eigenvalue weighted by Crippen LogP contribution is -2.29. The van der Waals surface area contributed by atoms with Crippen LogP contribution < -0.4 is 5.73 Å².